The second-order valence-corrected chi connectivity index (χ2v) is 8.15. The third-order valence-electron chi connectivity index (χ3n) is 5.62. The fourth-order valence-corrected chi connectivity index (χ4v) is 3.68. The zero-order valence-electron chi connectivity index (χ0n) is 19.9. The molecule has 0 unspecified atom stereocenters. The van der Waals surface area contributed by atoms with Crippen LogP contribution in [-0.2, 0) is 11.3 Å². The van der Waals surface area contributed by atoms with E-state index >= 15 is 0 Å². The van der Waals surface area contributed by atoms with E-state index in [1.807, 2.05) is 36.5 Å². The highest BCUT2D eigenvalue weighted by atomic mass is 19.1. The first-order valence-corrected chi connectivity index (χ1v) is 11.6. The van der Waals surface area contributed by atoms with Gasteiger partial charge in [-0.1, -0.05) is 18.2 Å². The number of carbonyl (C=O) groups is 2. The van der Waals surface area contributed by atoms with Gasteiger partial charge in [-0.25, -0.2) is 9.07 Å². The van der Waals surface area contributed by atoms with Gasteiger partial charge in [-0.15, -0.1) is 0 Å². The Labute approximate surface area is 208 Å². The third-order valence-corrected chi connectivity index (χ3v) is 5.62. The standard InChI is InChI=1S/C28H27FN4O3/c1-36-25-15-11-21(12-16-25)28(35)30-17-5-8-26(34)31-18-22-19-33(24-6-3-2-4-7-24)32-27(22)20-9-13-23(29)14-10-20/h2-4,6-7,9-16,19H,5,8,17-18H2,1H3,(H,30,35)(H,31,34). The molecule has 36 heavy (non-hydrogen) atoms. The molecule has 1 aromatic heterocycles. The van der Waals surface area contributed by atoms with Crippen molar-refractivity contribution < 1.29 is 18.7 Å². The molecule has 0 aliphatic carbocycles. The van der Waals surface area contributed by atoms with Crippen molar-refractivity contribution in [1.82, 2.24) is 20.4 Å². The summed E-state index contributed by atoms with van der Waals surface area (Å²) in [7, 11) is 1.57. The van der Waals surface area contributed by atoms with Crippen LogP contribution in [0.1, 0.15) is 28.8 Å². The minimum atomic E-state index is -0.324. The van der Waals surface area contributed by atoms with Crippen LogP contribution in [-0.4, -0.2) is 35.2 Å². The molecule has 7 nitrogen and oxygen atoms in total. The van der Waals surface area contributed by atoms with E-state index in [1.165, 1.54) is 12.1 Å². The molecule has 0 saturated carbocycles. The summed E-state index contributed by atoms with van der Waals surface area (Å²) in [6, 6.07) is 22.6. The molecule has 4 aromatic rings. The summed E-state index contributed by atoms with van der Waals surface area (Å²) in [5, 5.41) is 10.4. The molecule has 8 heteroatoms. The minimum absolute atomic E-state index is 0.133. The molecule has 0 bridgehead atoms. The van der Waals surface area contributed by atoms with Crippen LogP contribution in [0.2, 0.25) is 0 Å². The Bertz CT molecular complexity index is 1300. The number of para-hydroxylation sites is 1. The van der Waals surface area contributed by atoms with Crippen LogP contribution in [0.15, 0.2) is 85.1 Å². The van der Waals surface area contributed by atoms with Gasteiger partial charge >= 0.3 is 0 Å². The molecular formula is C28H27FN4O3. The Balaban J connectivity index is 1.32. The Morgan fingerprint density at radius 2 is 1.67 bits per heavy atom. The van der Waals surface area contributed by atoms with Crippen molar-refractivity contribution in [1.29, 1.82) is 0 Å². The van der Waals surface area contributed by atoms with E-state index in [2.05, 4.69) is 15.7 Å². The van der Waals surface area contributed by atoms with Crippen LogP contribution in [0.4, 0.5) is 4.39 Å². The van der Waals surface area contributed by atoms with Gasteiger partial charge in [0.25, 0.3) is 5.91 Å². The number of methoxy groups -OCH3 is 1. The first-order valence-electron chi connectivity index (χ1n) is 11.6. The van der Waals surface area contributed by atoms with E-state index in [9.17, 15) is 14.0 Å². The Morgan fingerprint density at radius 1 is 0.944 bits per heavy atom. The number of aromatic nitrogens is 2. The molecule has 0 fully saturated rings. The molecule has 1 heterocycles. The molecule has 3 aromatic carbocycles. The number of carbonyl (C=O) groups excluding carboxylic acids is 2. The van der Waals surface area contributed by atoms with E-state index in [0.717, 1.165) is 16.8 Å². The summed E-state index contributed by atoms with van der Waals surface area (Å²) in [5.74, 6) is 0.0248. The third kappa shape index (κ3) is 6.35. The summed E-state index contributed by atoms with van der Waals surface area (Å²) in [4.78, 5) is 24.7. The normalized spacial score (nSPS) is 10.6. The molecule has 2 N–H and O–H groups in total. The van der Waals surface area contributed by atoms with Gasteiger partial charge in [0.15, 0.2) is 0 Å². The van der Waals surface area contributed by atoms with Crippen molar-refractivity contribution in [3.63, 3.8) is 0 Å². The maximum atomic E-state index is 13.4. The fraction of sp³-hybridized carbons (Fsp3) is 0.179. The lowest BCUT2D eigenvalue weighted by Crippen LogP contribution is -2.27. The minimum Gasteiger partial charge on any atom is -0.497 e. The number of amides is 2. The molecule has 0 spiro atoms. The van der Waals surface area contributed by atoms with Crippen LogP contribution in [0.5, 0.6) is 5.75 Å². The monoisotopic (exact) mass is 486 g/mol. The average molecular weight is 487 g/mol. The number of nitrogens with one attached hydrogen (secondary N) is 2. The van der Waals surface area contributed by atoms with E-state index < -0.39 is 0 Å². The molecule has 0 radical (unpaired) electrons. The summed E-state index contributed by atoms with van der Waals surface area (Å²) >= 11 is 0. The number of rotatable bonds is 10. The number of benzene rings is 3. The zero-order chi connectivity index (χ0) is 25.3. The van der Waals surface area contributed by atoms with Gasteiger partial charge in [0.1, 0.15) is 11.6 Å². The van der Waals surface area contributed by atoms with Gasteiger partial charge in [-0.2, -0.15) is 5.10 Å². The molecule has 0 aliphatic rings. The first-order chi connectivity index (χ1) is 17.5. The summed E-state index contributed by atoms with van der Waals surface area (Å²) in [5.41, 5.74) is 3.66. The molecule has 2 amide bonds. The van der Waals surface area contributed by atoms with Crippen molar-refractivity contribution >= 4 is 11.8 Å². The van der Waals surface area contributed by atoms with Gasteiger partial charge in [-0.05, 0) is 67.1 Å². The number of hydrogen-bond donors (Lipinski definition) is 2. The zero-order valence-corrected chi connectivity index (χ0v) is 19.9. The SMILES string of the molecule is COc1ccc(C(=O)NCCCC(=O)NCc2cn(-c3ccccc3)nc2-c2ccc(F)cc2)cc1. The number of ether oxygens (including phenoxy) is 1. The maximum Gasteiger partial charge on any atom is 0.251 e. The second-order valence-electron chi connectivity index (χ2n) is 8.15. The van der Waals surface area contributed by atoms with Crippen molar-refractivity contribution in [3.05, 3.63) is 102 Å². The second kappa shape index (κ2) is 11.8. The predicted molar refractivity (Wildman–Crippen MR) is 135 cm³/mol. The van der Waals surface area contributed by atoms with Crippen molar-refractivity contribution in [2.24, 2.45) is 0 Å². The van der Waals surface area contributed by atoms with Crippen LogP contribution < -0.4 is 15.4 Å². The Morgan fingerprint density at radius 3 is 2.36 bits per heavy atom. The van der Waals surface area contributed by atoms with Gasteiger partial charge < -0.3 is 15.4 Å². The van der Waals surface area contributed by atoms with E-state index in [-0.39, 0.29) is 30.6 Å². The first kappa shape index (κ1) is 24.7. The quantitative estimate of drug-likeness (QED) is 0.323. The van der Waals surface area contributed by atoms with E-state index in [0.29, 0.717) is 30.0 Å². The summed E-state index contributed by atoms with van der Waals surface area (Å²) < 4.78 is 20.3. The lowest BCUT2D eigenvalue weighted by Gasteiger charge is -2.07. The van der Waals surface area contributed by atoms with Crippen molar-refractivity contribution in [2.75, 3.05) is 13.7 Å². The lowest BCUT2D eigenvalue weighted by atomic mass is 10.1. The van der Waals surface area contributed by atoms with Crippen LogP contribution in [0.3, 0.4) is 0 Å². The van der Waals surface area contributed by atoms with E-state index in [4.69, 9.17) is 4.74 Å². The van der Waals surface area contributed by atoms with Crippen molar-refractivity contribution in [3.8, 4) is 22.7 Å². The van der Waals surface area contributed by atoms with Gasteiger partial charge in [0, 0.05) is 42.4 Å². The van der Waals surface area contributed by atoms with Crippen LogP contribution >= 0.6 is 0 Å². The average Bonchev–Trinajstić information content (AvgIpc) is 3.35. The topological polar surface area (TPSA) is 85.2 Å². The Kier molecular flexibility index (Phi) is 8.08. The van der Waals surface area contributed by atoms with Crippen LogP contribution in [0, 0.1) is 5.82 Å². The van der Waals surface area contributed by atoms with E-state index in [1.54, 1.807) is 48.2 Å². The number of halogens is 1. The number of nitrogens with zero attached hydrogens (tertiary/aromatic N) is 2. The van der Waals surface area contributed by atoms with Gasteiger partial charge in [0.2, 0.25) is 5.91 Å². The molecule has 0 aliphatic heterocycles. The largest absolute Gasteiger partial charge is 0.497 e. The molecule has 0 saturated heterocycles. The maximum absolute atomic E-state index is 13.4. The van der Waals surface area contributed by atoms with Crippen molar-refractivity contribution in [2.45, 2.75) is 19.4 Å². The smallest absolute Gasteiger partial charge is 0.251 e. The fourth-order valence-electron chi connectivity index (χ4n) is 3.68. The molecular weight excluding hydrogens is 459 g/mol. The van der Waals surface area contributed by atoms with Gasteiger partial charge in [0.05, 0.1) is 18.5 Å². The summed E-state index contributed by atoms with van der Waals surface area (Å²) in [6.07, 6.45) is 2.63. The highest BCUT2D eigenvalue weighted by Crippen LogP contribution is 2.24. The Hall–Kier alpha value is -4.46. The molecule has 184 valence electrons. The predicted octanol–water partition coefficient (Wildman–Crippen LogP) is 4.51. The van der Waals surface area contributed by atoms with Gasteiger partial charge in [-0.3, -0.25) is 9.59 Å². The molecule has 4 rings (SSSR count). The number of hydrogen-bond acceptors (Lipinski definition) is 4. The highest BCUT2D eigenvalue weighted by Gasteiger charge is 2.14. The summed E-state index contributed by atoms with van der Waals surface area (Å²) in [6.45, 7) is 0.654. The molecule has 0 atom stereocenters. The highest BCUT2D eigenvalue weighted by molar-refractivity contribution is 5.94. The van der Waals surface area contributed by atoms with Crippen LogP contribution in [0.25, 0.3) is 16.9 Å². The lowest BCUT2D eigenvalue weighted by molar-refractivity contribution is -0.121.